The fraction of sp³-hybridized carbons (Fsp3) is 0.400. The first kappa shape index (κ1) is 11.4. The first-order chi connectivity index (χ1) is 7.76. The van der Waals surface area contributed by atoms with E-state index in [2.05, 4.69) is 38.5 Å². The van der Waals surface area contributed by atoms with E-state index in [1.807, 2.05) is 6.92 Å². The molecule has 0 unspecified atom stereocenters. The summed E-state index contributed by atoms with van der Waals surface area (Å²) in [5, 5.41) is 0. The van der Waals surface area contributed by atoms with Crippen LogP contribution >= 0.6 is 0 Å². The van der Waals surface area contributed by atoms with E-state index in [1.54, 1.807) is 0 Å². The van der Waals surface area contributed by atoms with E-state index < -0.39 is 0 Å². The fourth-order valence-corrected chi connectivity index (χ4v) is 2.14. The van der Waals surface area contributed by atoms with Crippen molar-refractivity contribution in [3.8, 4) is 0 Å². The molecular weight excluding hydrogens is 196 g/mol. The summed E-state index contributed by atoms with van der Waals surface area (Å²) in [7, 11) is 0. The lowest BCUT2D eigenvalue weighted by Gasteiger charge is -2.12. The number of rotatable bonds is 5. The molecule has 85 valence electrons. The molecule has 0 amide bonds. The van der Waals surface area contributed by atoms with Gasteiger partial charge in [-0.1, -0.05) is 19.1 Å². The SMILES string of the molecule is CCOCc1cc(C)c(CC)c(C2=C[CH]2)c1. The van der Waals surface area contributed by atoms with Gasteiger partial charge in [-0.2, -0.15) is 0 Å². The van der Waals surface area contributed by atoms with E-state index >= 15 is 0 Å². The Hall–Kier alpha value is -1.08. The summed E-state index contributed by atoms with van der Waals surface area (Å²) < 4.78 is 5.47. The molecule has 1 aliphatic carbocycles. The van der Waals surface area contributed by atoms with Crippen molar-refractivity contribution in [1.82, 2.24) is 0 Å². The van der Waals surface area contributed by atoms with Crippen LogP contribution in [0.5, 0.6) is 0 Å². The summed E-state index contributed by atoms with van der Waals surface area (Å²) in [6.07, 6.45) is 5.46. The van der Waals surface area contributed by atoms with Crippen LogP contribution < -0.4 is 0 Å². The highest BCUT2D eigenvalue weighted by Gasteiger charge is 2.16. The topological polar surface area (TPSA) is 9.23 Å². The Balaban J connectivity index is 2.32. The highest BCUT2D eigenvalue weighted by molar-refractivity contribution is 5.89. The maximum absolute atomic E-state index is 5.47. The van der Waals surface area contributed by atoms with Crippen molar-refractivity contribution in [2.75, 3.05) is 6.61 Å². The number of benzene rings is 1. The van der Waals surface area contributed by atoms with Gasteiger partial charge in [-0.05, 0) is 54.2 Å². The highest BCUT2D eigenvalue weighted by Crippen LogP contribution is 2.34. The third kappa shape index (κ3) is 2.35. The van der Waals surface area contributed by atoms with Crippen LogP contribution in [-0.4, -0.2) is 6.61 Å². The van der Waals surface area contributed by atoms with Crippen LogP contribution in [0.3, 0.4) is 0 Å². The molecule has 1 aromatic carbocycles. The van der Waals surface area contributed by atoms with E-state index in [4.69, 9.17) is 4.74 Å². The largest absolute Gasteiger partial charge is 0.377 e. The second kappa shape index (κ2) is 4.84. The van der Waals surface area contributed by atoms with Crippen molar-refractivity contribution in [1.29, 1.82) is 0 Å². The molecule has 1 heteroatoms. The Morgan fingerprint density at radius 3 is 2.50 bits per heavy atom. The number of allylic oxidation sites excluding steroid dienone is 2. The molecule has 0 aliphatic heterocycles. The van der Waals surface area contributed by atoms with Gasteiger partial charge in [0, 0.05) is 13.0 Å². The van der Waals surface area contributed by atoms with E-state index in [-0.39, 0.29) is 0 Å². The lowest BCUT2D eigenvalue weighted by atomic mass is 9.95. The Labute approximate surface area is 98.1 Å². The van der Waals surface area contributed by atoms with Crippen molar-refractivity contribution in [3.63, 3.8) is 0 Å². The molecule has 0 saturated heterocycles. The highest BCUT2D eigenvalue weighted by atomic mass is 16.5. The van der Waals surface area contributed by atoms with Crippen molar-refractivity contribution >= 4 is 5.57 Å². The van der Waals surface area contributed by atoms with Crippen molar-refractivity contribution in [2.45, 2.75) is 33.8 Å². The first-order valence-electron chi connectivity index (χ1n) is 6.01. The number of hydrogen-bond donors (Lipinski definition) is 0. The molecule has 0 fully saturated rings. The minimum absolute atomic E-state index is 0.724. The zero-order valence-corrected chi connectivity index (χ0v) is 10.3. The molecule has 0 atom stereocenters. The molecule has 0 aromatic heterocycles. The smallest absolute Gasteiger partial charge is 0.0717 e. The van der Waals surface area contributed by atoms with Crippen LogP contribution in [0.25, 0.3) is 5.57 Å². The summed E-state index contributed by atoms with van der Waals surface area (Å²) >= 11 is 0. The Morgan fingerprint density at radius 2 is 1.94 bits per heavy atom. The Kier molecular flexibility index (Phi) is 3.45. The zero-order chi connectivity index (χ0) is 11.5. The van der Waals surface area contributed by atoms with Crippen molar-refractivity contribution in [3.05, 3.63) is 46.9 Å². The van der Waals surface area contributed by atoms with E-state index in [9.17, 15) is 0 Å². The first-order valence-corrected chi connectivity index (χ1v) is 6.01. The minimum Gasteiger partial charge on any atom is -0.377 e. The van der Waals surface area contributed by atoms with E-state index in [0.29, 0.717) is 0 Å². The van der Waals surface area contributed by atoms with Gasteiger partial charge in [0.25, 0.3) is 0 Å². The predicted molar refractivity (Wildman–Crippen MR) is 68.2 cm³/mol. The van der Waals surface area contributed by atoms with Gasteiger partial charge in [-0.3, -0.25) is 0 Å². The fourth-order valence-electron chi connectivity index (χ4n) is 2.14. The molecule has 1 aromatic rings. The van der Waals surface area contributed by atoms with Gasteiger partial charge in [-0.15, -0.1) is 0 Å². The second-order valence-electron chi connectivity index (χ2n) is 4.22. The van der Waals surface area contributed by atoms with Gasteiger partial charge in [0.05, 0.1) is 6.61 Å². The van der Waals surface area contributed by atoms with Crippen LogP contribution in [0.1, 0.15) is 36.1 Å². The Morgan fingerprint density at radius 1 is 1.19 bits per heavy atom. The molecule has 0 bridgehead atoms. The molecular formula is C15H19O. The predicted octanol–water partition coefficient (Wildman–Crippen LogP) is 3.70. The molecule has 1 nitrogen and oxygen atoms in total. The van der Waals surface area contributed by atoms with Gasteiger partial charge in [0.2, 0.25) is 0 Å². The maximum Gasteiger partial charge on any atom is 0.0717 e. The summed E-state index contributed by atoms with van der Waals surface area (Å²) in [5.74, 6) is 0. The van der Waals surface area contributed by atoms with E-state index in [1.165, 1.54) is 27.8 Å². The van der Waals surface area contributed by atoms with Gasteiger partial charge in [0.1, 0.15) is 0 Å². The lowest BCUT2D eigenvalue weighted by molar-refractivity contribution is 0.134. The van der Waals surface area contributed by atoms with Crippen LogP contribution in [-0.2, 0) is 17.8 Å². The third-order valence-corrected chi connectivity index (χ3v) is 3.00. The number of ether oxygens (including phenoxy) is 1. The van der Waals surface area contributed by atoms with Gasteiger partial charge >= 0.3 is 0 Å². The van der Waals surface area contributed by atoms with Crippen LogP contribution in [0.4, 0.5) is 0 Å². The molecule has 0 heterocycles. The Bertz CT molecular complexity index is 416. The van der Waals surface area contributed by atoms with Crippen LogP contribution in [0.2, 0.25) is 0 Å². The number of hydrogen-bond acceptors (Lipinski definition) is 1. The van der Waals surface area contributed by atoms with Gasteiger partial charge in [-0.25, -0.2) is 0 Å². The van der Waals surface area contributed by atoms with Crippen LogP contribution in [0.15, 0.2) is 18.2 Å². The summed E-state index contributed by atoms with van der Waals surface area (Å²) in [5.41, 5.74) is 6.93. The molecule has 0 N–H and O–H groups in total. The average Bonchev–Trinajstić information content (AvgIpc) is 3.09. The minimum atomic E-state index is 0.724. The molecule has 16 heavy (non-hydrogen) atoms. The van der Waals surface area contributed by atoms with E-state index in [0.717, 1.165) is 19.6 Å². The average molecular weight is 215 g/mol. The van der Waals surface area contributed by atoms with Crippen LogP contribution in [0, 0.1) is 13.3 Å². The van der Waals surface area contributed by atoms with Gasteiger partial charge in [0.15, 0.2) is 0 Å². The number of aryl methyl sites for hydroxylation is 1. The summed E-state index contributed by atoms with van der Waals surface area (Å²) in [4.78, 5) is 0. The molecule has 0 spiro atoms. The molecule has 1 aliphatic rings. The second-order valence-corrected chi connectivity index (χ2v) is 4.22. The van der Waals surface area contributed by atoms with Crippen molar-refractivity contribution < 1.29 is 4.74 Å². The molecule has 1 radical (unpaired) electrons. The van der Waals surface area contributed by atoms with Gasteiger partial charge < -0.3 is 4.74 Å². The molecule has 2 rings (SSSR count). The molecule has 0 saturated carbocycles. The third-order valence-electron chi connectivity index (χ3n) is 3.00. The maximum atomic E-state index is 5.47. The normalized spacial score (nSPS) is 13.8. The monoisotopic (exact) mass is 215 g/mol. The standard InChI is InChI=1S/C15H19O/c1-4-14-11(3)8-12(10-16-5-2)9-15(14)13-6-7-13/h6-9H,4-5,10H2,1-3H3. The summed E-state index contributed by atoms with van der Waals surface area (Å²) in [6.45, 7) is 7.95. The zero-order valence-electron chi connectivity index (χ0n) is 10.3. The lowest BCUT2D eigenvalue weighted by Crippen LogP contribution is -1.98. The van der Waals surface area contributed by atoms with Crippen molar-refractivity contribution in [2.24, 2.45) is 0 Å². The quantitative estimate of drug-likeness (QED) is 0.727. The summed E-state index contributed by atoms with van der Waals surface area (Å²) in [6, 6.07) is 4.53.